The quantitative estimate of drug-likeness (QED) is 0.698. The third-order valence-corrected chi connectivity index (χ3v) is 6.55. The molecule has 0 saturated carbocycles. The van der Waals surface area contributed by atoms with Crippen LogP contribution >= 0.6 is 23.4 Å². The Morgan fingerprint density at radius 3 is 2.48 bits per heavy atom. The summed E-state index contributed by atoms with van der Waals surface area (Å²) in [7, 11) is 1.61. The van der Waals surface area contributed by atoms with Crippen LogP contribution < -0.4 is 5.32 Å². The van der Waals surface area contributed by atoms with Gasteiger partial charge in [-0.2, -0.15) is 0 Å². The molecule has 2 atom stereocenters. The summed E-state index contributed by atoms with van der Waals surface area (Å²) in [5.41, 5.74) is 2.71. The molecule has 3 amide bonds. The monoisotopic (exact) mass is 456 g/mol. The van der Waals surface area contributed by atoms with Crippen molar-refractivity contribution in [2.24, 2.45) is 4.99 Å². The van der Waals surface area contributed by atoms with Gasteiger partial charge in [-0.1, -0.05) is 53.2 Å². The molecule has 1 saturated heterocycles. The van der Waals surface area contributed by atoms with E-state index >= 15 is 0 Å². The van der Waals surface area contributed by atoms with Crippen LogP contribution in [0, 0.1) is 6.92 Å². The number of carbonyl (C=O) groups excluding carboxylic acids is 3. The number of halogens is 1. The summed E-state index contributed by atoms with van der Waals surface area (Å²) in [4.78, 5) is 45.3. The number of aryl methyl sites for hydroxylation is 1. The highest BCUT2D eigenvalue weighted by atomic mass is 35.5. The number of rotatable bonds is 5. The largest absolute Gasteiger partial charge is 0.331 e. The molecule has 31 heavy (non-hydrogen) atoms. The fraction of sp³-hybridized carbons (Fsp3) is 0.273. The Bertz CT molecular complexity index is 1060. The first-order chi connectivity index (χ1) is 14.8. The van der Waals surface area contributed by atoms with Crippen LogP contribution in [0.2, 0.25) is 5.02 Å². The molecule has 2 aromatic rings. The van der Waals surface area contributed by atoms with Crippen molar-refractivity contribution in [1.29, 1.82) is 0 Å². The summed E-state index contributed by atoms with van der Waals surface area (Å²) in [5, 5.41) is 3.52. The molecule has 9 heteroatoms. The summed E-state index contributed by atoms with van der Waals surface area (Å²) >= 11 is 7.17. The molecule has 2 aromatic carbocycles. The summed E-state index contributed by atoms with van der Waals surface area (Å²) in [6.07, 6.45) is -0.625. The van der Waals surface area contributed by atoms with Crippen LogP contribution in [0.5, 0.6) is 0 Å². The van der Waals surface area contributed by atoms with Crippen molar-refractivity contribution in [2.45, 2.75) is 25.7 Å². The van der Waals surface area contributed by atoms with E-state index in [0.29, 0.717) is 22.3 Å². The van der Waals surface area contributed by atoms with E-state index in [1.54, 1.807) is 31.3 Å². The molecule has 1 N–H and O–H groups in total. The third-order valence-electron chi connectivity index (χ3n) is 5.29. The Morgan fingerprint density at radius 1 is 1.13 bits per heavy atom. The molecule has 2 aliphatic heterocycles. The van der Waals surface area contributed by atoms with Gasteiger partial charge in [0.25, 0.3) is 5.91 Å². The molecule has 0 spiro atoms. The van der Waals surface area contributed by atoms with Crippen LogP contribution in [0.15, 0.2) is 53.5 Å². The van der Waals surface area contributed by atoms with Gasteiger partial charge in [0, 0.05) is 24.2 Å². The first kappa shape index (κ1) is 21.4. The average molecular weight is 457 g/mol. The van der Waals surface area contributed by atoms with Gasteiger partial charge in [0.05, 0.1) is 5.75 Å². The predicted molar refractivity (Wildman–Crippen MR) is 121 cm³/mol. The summed E-state index contributed by atoms with van der Waals surface area (Å²) in [6.45, 7) is 2.45. The fourth-order valence-corrected chi connectivity index (χ4v) is 4.61. The molecule has 2 heterocycles. The van der Waals surface area contributed by atoms with E-state index in [9.17, 15) is 14.4 Å². The van der Waals surface area contributed by atoms with Crippen LogP contribution in [0.3, 0.4) is 0 Å². The van der Waals surface area contributed by atoms with Crippen molar-refractivity contribution in [3.05, 3.63) is 70.2 Å². The van der Waals surface area contributed by atoms with E-state index < -0.39 is 18.2 Å². The SMILES string of the molecule is Cc1ccc(CN2C(SCC(=O)c3ccc(Cl)cc3)=NC3C2C(=O)NC(=O)N3C)cc1. The Balaban J connectivity index is 1.56. The standard InChI is InChI=1S/C22H21ClN4O3S/c1-13-3-5-14(6-4-13)11-27-18-19(26(2)21(30)25-20(18)29)24-22(27)31-12-17(28)15-7-9-16(23)10-8-15/h3-10,18-19H,11-12H2,1-2H3,(H,25,29,30). The molecule has 0 radical (unpaired) electrons. The lowest BCUT2D eigenvalue weighted by molar-refractivity contribution is -0.127. The molecule has 0 aliphatic carbocycles. The Hall–Kier alpha value is -2.84. The van der Waals surface area contributed by atoms with Crippen molar-refractivity contribution >= 4 is 46.3 Å². The number of aliphatic imine (C=N–C) groups is 1. The maximum absolute atomic E-state index is 12.7. The van der Waals surface area contributed by atoms with Gasteiger partial charge in [0.15, 0.2) is 23.2 Å². The maximum atomic E-state index is 12.7. The molecule has 2 unspecified atom stereocenters. The van der Waals surface area contributed by atoms with Crippen molar-refractivity contribution in [3.63, 3.8) is 0 Å². The van der Waals surface area contributed by atoms with E-state index in [2.05, 4.69) is 10.3 Å². The number of amides is 3. The number of thioether (sulfide) groups is 1. The van der Waals surface area contributed by atoms with E-state index in [4.69, 9.17) is 11.6 Å². The second-order valence-electron chi connectivity index (χ2n) is 7.51. The van der Waals surface area contributed by atoms with Crippen LogP contribution in [-0.2, 0) is 11.3 Å². The van der Waals surface area contributed by atoms with Crippen molar-refractivity contribution in [3.8, 4) is 0 Å². The molecule has 160 valence electrons. The minimum absolute atomic E-state index is 0.0663. The lowest BCUT2D eigenvalue weighted by Gasteiger charge is -2.36. The number of benzene rings is 2. The van der Waals surface area contributed by atoms with E-state index in [1.165, 1.54) is 16.7 Å². The van der Waals surface area contributed by atoms with Gasteiger partial charge in [-0.25, -0.2) is 9.79 Å². The number of nitrogens with one attached hydrogen (secondary N) is 1. The second-order valence-corrected chi connectivity index (χ2v) is 8.89. The molecular formula is C22H21ClN4O3S. The molecular weight excluding hydrogens is 436 g/mol. The van der Waals surface area contributed by atoms with Gasteiger partial charge in [0.1, 0.15) is 0 Å². The molecule has 2 aliphatic rings. The zero-order valence-corrected chi connectivity index (χ0v) is 18.6. The molecule has 7 nitrogen and oxygen atoms in total. The molecule has 0 bridgehead atoms. The summed E-state index contributed by atoms with van der Waals surface area (Å²) in [5.74, 6) is -0.296. The highest BCUT2D eigenvalue weighted by Crippen LogP contribution is 2.30. The van der Waals surface area contributed by atoms with Gasteiger partial charge in [-0.15, -0.1) is 0 Å². The fourth-order valence-electron chi connectivity index (χ4n) is 3.53. The number of hydrogen-bond acceptors (Lipinski definition) is 6. The first-order valence-electron chi connectivity index (χ1n) is 9.72. The van der Waals surface area contributed by atoms with Crippen LogP contribution in [-0.4, -0.2) is 57.7 Å². The Morgan fingerprint density at radius 2 is 1.81 bits per heavy atom. The van der Waals surface area contributed by atoms with Crippen LogP contribution in [0.4, 0.5) is 4.79 Å². The minimum atomic E-state index is -0.642. The van der Waals surface area contributed by atoms with Crippen LogP contribution in [0.25, 0.3) is 0 Å². The smallest absolute Gasteiger partial charge is 0.325 e. The number of hydrogen-bond donors (Lipinski definition) is 1. The number of urea groups is 1. The Kier molecular flexibility index (Phi) is 6.02. The predicted octanol–water partition coefficient (Wildman–Crippen LogP) is 3.31. The average Bonchev–Trinajstić information content (AvgIpc) is 3.11. The molecule has 0 aromatic heterocycles. The van der Waals surface area contributed by atoms with Gasteiger partial charge in [-0.05, 0) is 36.8 Å². The third kappa shape index (κ3) is 4.45. The number of carbonyl (C=O) groups is 3. The van der Waals surface area contributed by atoms with E-state index in [-0.39, 0.29) is 17.4 Å². The lowest BCUT2D eigenvalue weighted by atomic mass is 10.1. The highest BCUT2D eigenvalue weighted by molar-refractivity contribution is 8.14. The highest BCUT2D eigenvalue weighted by Gasteiger charge is 2.48. The van der Waals surface area contributed by atoms with E-state index in [0.717, 1.165) is 11.1 Å². The van der Waals surface area contributed by atoms with Gasteiger partial charge < -0.3 is 9.80 Å². The van der Waals surface area contributed by atoms with Gasteiger partial charge in [-0.3, -0.25) is 14.9 Å². The van der Waals surface area contributed by atoms with Gasteiger partial charge >= 0.3 is 6.03 Å². The maximum Gasteiger partial charge on any atom is 0.325 e. The molecule has 1 fully saturated rings. The van der Waals surface area contributed by atoms with Crippen molar-refractivity contribution < 1.29 is 14.4 Å². The number of ketones is 1. The van der Waals surface area contributed by atoms with Crippen LogP contribution in [0.1, 0.15) is 21.5 Å². The van der Waals surface area contributed by atoms with Crippen molar-refractivity contribution in [2.75, 3.05) is 12.8 Å². The normalized spacial score (nSPS) is 20.4. The topological polar surface area (TPSA) is 82.1 Å². The minimum Gasteiger partial charge on any atom is -0.331 e. The second kappa shape index (κ2) is 8.72. The van der Waals surface area contributed by atoms with Crippen molar-refractivity contribution in [1.82, 2.24) is 15.1 Å². The zero-order chi connectivity index (χ0) is 22.1. The number of likely N-dealkylation sites (N-methyl/N-ethyl adjacent to an activating group) is 1. The molecule has 4 rings (SSSR count). The van der Waals surface area contributed by atoms with Gasteiger partial charge in [0.2, 0.25) is 0 Å². The first-order valence-corrected chi connectivity index (χ1v) is 11.1. The summed E-state index contributed by atoms with van der Waals surface area (Å²) < 4.78 is 0. The lowest BCUT2D eigenvalue weighted by Crippen LogP contribution is -2.63. The number of fused-ring (bicyclic) bond motifs is 1. The van der Waals surface area contributed by atoms with E-state index in [1.807, 2.05) is 36.1 Å². The Labute approximate surface area is 189 Å². The number of imide groups is 1. The number of Topliss-reactive ketones (excluding diaryl/α,β-unsaturated/α-hetero) is 1. The number of nitrogens with zero attached hydrogens (tertiary/aromatic N) is 3. The zero-order valence-electron chi connectivity index (χ0n) is 17.0. The number of amidine groups is 1. The summed E-state index contributed by atoms with van der Waals surface area (Å²) in [6, 6.07) is 13.6.